The van der Waals surface area contributed by atoms with Crippen LogP contribution in [0.15, 0.2) is 48.5 Å². The van der Waals surface area contributed by atoms with Crippen LogP contribution in [-0.4, -0.2) is 43.2 Å². The molecule has 1 aliphatic rings. The minimum Gasteiger partial charge on any atom is -0.362 e. The number of hydrogen-bond acceptors (Lipinski definition) is 5. The van der Waals surface area contributed by atoms with Crippen molar-refractivity contribution in [2.75, 3.05) is 37.4 Å². The molecule has 0 saturated heterocycles. The summed E-state index contributed by atoms with van der Waals surface area (Å²) < 4.78 is 0. The summed E-state index contributed by atoms with van der Waals surface area (Å²) >= 11 is 0. The Morgan fingerprint density at radius 3 is 2.55 bits per heavy atom. The van der Waals surface area contributed by atoms with Gasteiger partial charge in [-0.25, -0.2) is 4.98 Å². The molecule has 0 aliphatic heterocycles. The van der Waals surface area contributed by atoms with E-state index < -0.39 is 0 Å². The molecule has 2 aromatic carbocycles. The fraction of sp³-hybridized carbons (Fsp3) is 0.462. The Kier molecular flexibility index (Phi) is 7.03. The smallest absolute Gasteiger partial charge is 0.225 e. The number of anilines is 2. The van der Waals surface area contributed by atoms with Crippen LogP contribution >= 0.6 is 0 Å². The van der Waals surface area contributed by atoms with Gasteiger partial charge >= 0.3 is 0 Å². The Morgan fingerprint density at radius 1 is 0.968 bits per heavy atom. The molecule has 4 rings (SSSR count). The summed E-state index contributed by atoms with van der Waals surface area (Å²) in [6.45, 7) is 4.34. The largest absolute Gasteiger partial charge is 0.362 e. The van der Waals surface area contributed by atoms with Gasteiger partial charge in [0.2, 0.25) is 5.95 Å². The van der Waals surface area contributed by atoms with E-state index in [1.165, 1.54) is 36.8 Å². The summed E-state index contributed by atoms with van der Waals surface area (Å²) in [6, 6.07) is 17.5. The van der Waals surface area contributed by atoms with Gasteiger partial charge in [-0.1, -0.05) is 42.0 Å². The minimum atomic E-state index is 0.458. The number of fused-ring (bicyclic) bond motifs is 1. The van der Waals surface area contributed by atoms with Crippen molar-refractivity contribution in [1.29, 1.82) is 0 Å². The maximum Gasteiger partial charge on any atom is 0.225 e. The molecule has 31 heavy (non-hydrogen) atoms. The molecule has 2 N–H and O–H groups in total. The molecule has 3 aromatic rings. The van der Waals surface area contributed by atoms with Crippen molar-refractivity contribution in [3.63, 3.8) is 0 Å². The monoisotopic (exact) mass is 417 g/mol. The first-order chi connectivity index (χ1) is 15.1. The lowest BCUT2D eigenvalue weighted by atomic mass is 9.86. The highest BCUT2D eigenvalue weighted by molar-refractivity contribution is 5.90. The lowest BCUT2D eigenvalue weighted by Gasteiger charge is -2.29. The topological polar surface area (TPSA) is 53.1 Å². The predicted octanol–water partition coefficient (Wildman–Crippen LogP) is 4.81. The van der Waals surface area contributed by atoms with Crippen LogP contribution in [0, 0.1) is 12.8 Å². The third-order valence-corrected chi connectivity index (χ3v) is 6.29. The summed E-state index contributed by atoms with van der Waals surface area (Å²) in [6.07, 6.45) is 5.97. The van der Waals surface area contributed by atoms with Gasteiger partial charge in [-0.2, -0.15) is 4.98 Å². The van der Waals surface area contributed by atoms with E-state index in [4.69, 9.17) is 9.97 Å². The van der Waals surface area contributed by atoms with E-state index >= 15 is 0 Å². The van der Waals surface area contributed by atoms with Crippen LogP contribution in [-0.2, 0) is 6.42 Å². The number of rotatable bonds is 8. The molecule has 0 bridgehead atoms. The Balaban J connectivity index is 1.25. The summed E-state index contributed by atoms with van der Waals surface area (Å²) in [5.41, 5.74) is 3.76. The molecule has 164 valence electrons. The molecule has 0 radical (unpaired) electrons. The predicted molar refractivity (Wildman–Crippen MR) is 131 cm³/mol. The average Bonchev–Trinajstić information content (AvgIpc) is 2.77. The average molecular weight is 418 g/mol. The first-order valence-corrected chi connectivity index (χ1v) is 11.6. The van der Waals surface area contributed by atoms with E-state index in [-0.39, 0.29) is 0 Å². The summed E-state index contributed by atoms with van der Waals surface area (Å²) in [5, 5.41) is 8.39. The zero-order valence-corrected chi connectivity index (χ0v) is 19.1. The number of nitrogens with zero attached hydrogens (tertiary/aromatic N) is 3. The van der Waals surface area contributed by atoms with E-state index in [0.29, 0.717) is 6.04 Å². The first-order valence-electron chi connectivity index (χ1n) is 11.6. The first kappa shape index (κ1) is 21.6. The number of aryl methyl sites for hydroxylation is 1. The van der Waals surface area contributed by atoms with Crippen LogP contribution in [0.5, 0.6) is 0 Å². The maximum atomic E-state index is 4.80. The molecule has 1 heterocycles. The molecular formula is C26H35N5. The van der Waals surface area contributed by atoms with Gasteiger partial charge < -0.3 is 15.5 Å². The molecule has 0 unspecified atom stereocenters. The van der Waals surface area contributed by atoms with Gasteiger partial charge in [0.05, 0.1) is 5.52 Å². The number of benzene rings is 2. The summed E-state index contributed by atoms with van der Waals surface area (Å²) in [7, 11) is 4.07. The molecule has 0 spiro atoms. The van der Waals surface area contributed by atoms with E-state index in [0.717, 1.165) is 48.1 Å². The molecule has 5 nitrogen and oxygen atoms in total. The van der Waals surface area contributed by atoms with Crippen LogP contribution in [0.1, 0.15) is 36.8 Å². The number of hydrogen-bond donors (Lipinski definition) is 2. The zero-order valence-electron chi connectivity index (χ0n) is 19.1. The van der Waals surface area contributed by atoms with Gasteiger partial charge in [-0.3, -0.25) is 0 Å². The van der Waals surface area contributed by atoms with Gasteiger partial charge in [0, 0.05) is 25.5 Å². The highest BCUT2D eigenvalue weighted by Crippen LogP contribution is 2.28. The molecule has 5 heteroatoms. The second-order valence-corrected chi connectivity index (χ2v) is 9.09. The van der Waals surface area contributed by atoms with Crippen LogP contribution < -0.4 is 15.5 Å². The Hall–Kier alpha value is -2.66. The van der Waals surface area contributed by atoms with Crippen molar-refractivity contribution < 1.29 is 0 Å². The molecule has 0 atom stereocenters. The summed E-state index contributed by atoms with van der Waals surface area (Å²) in [4.78, 5) is 11.6. The fourth-order valence-corrected chi connectivity index (χ4v) is 4.57. The zero-order chi connectivity index (χ0) is 21.6. The maximum absolute atomic E-state index is 4.80. The van der Waals surface area contributed by atoms with Crippen molar-refractivity contribution in [3.8, 4) is 0 Å². The Morgan fingerprint density at radius 2 is 1.77 bits per heavy atom. The molecule has 0 amide bonds. The van der Waals surface area contributed by atoms with Gasteiger partial charge in [0.25, 0.3) is 0 Å². The fourth-order valence-electron chi connectivity index (χ4n) is 4.57. The van der Waals surface area contributed by atoms with E-state index in [2.05, 4.69) is 58.9 Å². The second kappa shape index (κ2) is 10.1. The van der Waals surface area contributed by atoms with Crippen LogP contribution in [0.2, 0.25) is 0 Å². The SMILES string of the molecule is Cc1cccc(CCNC[C@H]2CC[C@@H](Nc3nc(N(C)C)c4ccccc4n3)CC2)c1. The second-order valence-electron chi connectivity index (χ2n) is 9.09. The highest BCUT2D eigenvalue weighted by Gasteiger charge is 2.22. The molecule has 1 fully saturated rings. The van der Waals surface area contributed by atoms with Crippen molar-refractivity contribution in [2.45, 2.75) is 45.1 Å². The van der Waals surface area contributed by atoms with Gasteiger partial charge in [0.1, 0.15) is 5.82 Å². The van der Waals surface area contributed by atoms with E-state index in [1.807, 2.05) is 26.2 Å². The Labute approximate surface area is 186 Å². The summed E-state index contributed by atoms with van der Waals surface area (Å²) in [5.74, 6) is 2.49. The van der Waals surface area contributed by atoms with Crippen LogP contribution in [0.25, 0.3) is 10.9 Å². The Bertz CT molecular complexity index is 992. The molecular weight excluding hydrogens is 382 g/mol. The van der Waals surface area contributed by atoms with Crippen molar-refractivity contribution in [2.24, 2.45) is 5.92 Å². The van der Waals surface area contributed by atoms with Gasteiger partial charge in [-0.05, 0) is 75.7 Å². The van der Waals surface area contributed by atoms with Crippen LogP contribution in [0.4, 0.5) is 11.8 Å². The molecule has 1 aromatic heterocycles. The number of para-hydroxylation sites is 1. The van der Waals surface area contributed by atoms with Gasteiger partial charge in [-0.15, -0.1) is 0 Å². The third kappa shape index (κ3) is 5.73. The minimum absolute atomic E-state index is 0.458. The normalized spacial score (nSPS) is 18.8. The van der Waals surface area contributed by atoms with Crippen molar-refractivity contribution in [1.82, 2.24) is 15.3 Å². The molecule has 1 aliphatic carbocycles. The lowest BCUT2D eigenvalue weighted by molar-refractivity contribution is 0.325. The van der Waals surface area contributed by atoms with Gasteiger partial charge in [0.15, 0.2) is 0 Å². The standard InChI is InChI=1S/C26H35N5/c1-19-7-6-8-20(17-19)15-16-27-18-21-11-13-22(14-12-21)28-26-29-24-10-5-4-9-23(24)25(30-26)31(2)3/h4-10,17,21-22,27H,11-16,18H2,1-3H3,(H,28,29,30)/t21-,22+. The third-order valence-electron chi connectivity index (χ3n) is 6.29. The lowest BCUT2D eigenvalue weighted by Crippen LogP contribution is -2.32. The van der Waals surface area contributed by atoms with E-state index in [1.54, 1.807) is 0 Å². The van der Waals surface area contributed by atoms with Crippen molar-refractivity contribution >= 4 is 22.7 Å². The van der Waals surface area contributed by atoms with Crippen LogP contribution in [0.3, 0.4) is 0 Å². The van der Waals surface area contributed by atoms with Crippen molar-refractivity contribution in [3.05, 3.63) is 59.7 Å². The van der Waals surface area contributed by atoms with E-state index in [9.17, 15) is 0 Å². The molecule has 1 saturated carbocycles. The number of nitrogens with one attached hydrogen (secondary N) is 2. The highest BCUT2D eigenvalue weighted by atomic mass is 15.2. The quantitative estimate of drug-likeness (QED) is 0.515. The number of aromatic nitrogens is 2.